The topological polar surface area (TPSA) is 29.5 Å². The van der Waals surface area contributed by atoms with Gasteiger partial charge in [-0.2, -0.15) is 0 Å². The van der Waals surface area contributed by atoms with Crippen molar-refractivity contribution in [1.29, 1.82) is 0 Å². The van der Waals surface area contributed by atoms with Crippen molar-refractivity contribution in [3.05, 3.63) is 0 Å². The Hall–Kier alpha value is -0.570. The van der Waals surface area contributed by atoms with Crippen molar-refractivity contribution in [2.75, 3.05) is 26.7 Å². The molecule has 3 nitrogen and oxygen atoms in total. The molecule has 2 aliphatic rings. The van der Waals surface area contributed by atoms with Gasteiger partial charge in [0.05, 0.1) is 13.0 Å². The normalized spacial score (nSPS) is 38.4. The maximum atomic E-state index is 11.3. The van der Waals surface area contributed by atoms with Gasteiger partial charge < -0.3 is 9.64 Å². The molecule has 0 saturated carbocycles. The number of esters is 1. The quantitative estimate of drug-likeness (QED) is 0.565. The van der Waals surface area contributed by atoms with Crippen LogP contribution in [0.4, 0.5) is 0 Å². The van der Waals surface area contributed by atoms with Crippen LogP contribution in [0.2, 0.25) is 0 Å². The number of ether oxygens (including phenoxy) is 1. The summed E-state index contributed by atoms with van der Waals surface area (Å²) in [6.07, 6.45) is 3.64. The van der Waals surface area contributed by atoms with Crippen LogP contribution in [0.5, 0.6) is 0 Å². The molecule has 2 bridgehead atoms. The molecule has 0 radical (unpaired) electrons. The number of hydrogen-bond donors (Lipinski definition) is 0. The Morgan fingerprint density at radius 3 is 3.00 bits per heavy atom. The number of methoxy groups -OCH3 is 1. The smallest absolute Gasteiger partial charge is 0.309 e. The van der Waals surface area contributed by atoms with E-state index in [1.165, 1.54) is 33.0 Å². The third-order valence-electron chi connectivity index (χ3n) is 3.23. The summed E-state index contributed by atoms with van der Waals surface area (Å²) in [6, 6.07) is 0. The first-order chi connectivity index (χ1) is 6.29. The van der Waals surface area contributed by atoms with Crippen LogP contribution in [0, 0.1) is 11.8 Å². The second-order valence-corrected chi connectivity index (χ2v) is 4.22. The molecule has 74 valence electrons. The number of hydrogen-bond acceptors (Lipinski definition) is 3. The largest absolute Gasteiger partial charge is 0.469 e. The van der Waals surface area contributed by atoms with Crippen LogP contribution in [0.3, 0.4) is 0 Å². The molecular formula is C10H17NO2. The summed E-state index contributed by atoms with van der Waals surface area (Å²) >= 11 is 0. The fourth-order valence-electron chi connectivity index (χ4n) is 2.64. The summed E-state index contributed by atoms with van der Waals surface area (Å²) < 4.78 is 4.79. The minimum absolute atomic E-state index is 0.0170. The summed E-state index contributed by atoms with van der Waals surface area (Å²) in [5, 5.41) is 0. The minimum atomic E-state index is -0.0170. The second kappa shape index (κ2) is 3.66. The van der Waals surface area contributed by atoms with Crippen molar-refractivity contribution >= 4 is 5.97 Å². The first kappa shape index (κ1) is 9.00. The summed E-state index contributed by atoms with van der Waals surface area (Å²) in [6.45, 7) is 3.29. The highest BCUT2D eigenvalue weighted by atomic mass is 16.5. The molecule has 0 N–H and O–H groups in total. The lowest BCUT2D eigenvalue weighted by atomic mass is 9.83. The molecule has 0 aliphatic carbocycles. The van der Waals surface area contributed by atoms with E-state index in [1.54, 1.807) is 0 Å². The Labute approximate surface area is 79.0 Å². The summed E-state index contributed by atoms with van der Waals surface area (Å²) in [7, 11) is 1.49. The minimum Gasteiger partial charge on any atom is -0.469 e. The van der Waals surface area contributed by atoms with Gasteiger partial charge in [0, 0.05) is 13.1 Å². The predicted molar refractivity (Wildman–Crippen MR) is 49.3 cm³/mol. The van der Waals surface area contributed by atoms with Gasteiger partial charge in [-0.15, -0.1) is 0 Å². The molecule has 2 heterocycles. The zero-order chi connectivity index (χ0) is 9.26. The lowest BCUT2D eigenvalue weighted by molar-refractivity contribution is -0.148. The number of nitrogens with zero attached hydrogens (tertiary/aromatic N) is 1. The molecule has 0 spiro atoms. The molecule has 3 heteroatoms. The Morgan fingerprint density at radius 2 is 2.31 bits per heavy atom. The molecule has 0 aromatic carbocycles. The maximum Gasteiger partial charge on any atom is 0.309 e. The highest BCUT2D eigenvalue weighted by molar-refractivity contribution is 5.72. The number of carbonyl (C=O) groups is 1. The fourth-order valence-corrected chi connectivity index (χ4v) is 2.64. The highest BCUT2D eigenvalue weighted by Crippen LogP contribution is 2.29. The van der Waals surface area contributed by atoms with Gasteiger partial charge in [0.2, 0.25) is 0 Å². The first-order valence-corrected chi connectivity index (χ1v) is 5.10. The number of rotatable bonds is 1. The Morgan fingerprint density at radius 1 is 1.46 bits per heavy atom. The zero-order valence-electron chi connectivity index (χ0n) is 8.16. The molecule has 2 fully saturated rings. The summed E-state index contributed by atoms with van der Waals surface area (Å²) in [5.41, 5.74) is 0. The van der Waals surface area contributed by atoms with Gasteiger partial charge in [0.1, 0.15) is 0 Å². The van der Waals surface area contributed by atoms with Gasteiger partial charge in [0.25, 0.3) is 0 Å². The molecule has 2 rings (SSSR count). The lowest BCUT2D eigenvalue weighted by Gasteiger charge is -2.40. The van der Waals surface area contributed by atoms with Crippen molar-refractivity contribution < 1.29 is 9.53 Å². The van der Waals surface area contributed by atoms with E-state index >= 15 is 0 Å². The van der Waals surface area contributed by atoms with Crippen LogP contribution in [-0.4, -0.2) is 37.6 Å². The highest BCUT2D eigenvalue weighted by Gasteiger charge is 2.33. The third kappa shape index (κ3) is 1.85. The standard InChI is InChI=1S/C10H17NO2/c1-13-10(12)9-5-8-3-2-4-11(6-8)7-9/h8-9H,2-7H2,1H3/t8-,9-/m0/s1. The number of carbonyl (C=O) groups excluding carboxylic acids is 1. The molecule has 1 unspecified atom stereocenters. The molecule has 2 aliphatic heterocycles. The van der Waals surface area contributed by atoms with Crippen LogP contribution in [-0.2, 0) is 9.53 Å². The van der Waals surface area contributed by atoms with Crippen LogP contribution >= 0.6 is 0 Å². The second-order valence-electron chi connectivity index (χ2n) is 4.22. The van der Waals surface area contributed by atoms with Gasteiger partial charge in [-0.3, -0.25) is 4.79 Å². The van der Waals surface area contributed by atoms with Crippen molar-refractivity contribution in [3.63, 3.8) is 0 Å². The SMILES string of the molecule is COC(=O)[C@H]1C[C@@H]2CCCN(C2)C1. The van der Waals surface area contributed by atoms with Crippen molar-refractivity contribution in [1.82, 2.24) is 4.90 Å². The maximum absolute atomic E-state index is 11.3. The molecule has 13 heavy (non-hydrogen) atoms. The first-order valence-electron chi connectivity index (χ1n) is 5.10. The average Bonchev–Trinajstić information content (AvgIpc) is 2.16. The van der Waals surface area contributed by atoms with Crippen molar-refractivity contribution in [3.8, 4) is 0 Å². The molecule has 0 amide bonds. The van der Waals surface area contributed by atoms with Gasteiger partial charge >= 0.3 is 5.97 Å². The lowest BCUT2D eigenvalue weighted by Crippen LogP contribution is -2.46. The monoisotopic (exact) mass is 183 g/mol. The molecule has 3 atom stereocenters. The van der Waals surface area contributed by atoms with Crippen LogP contribution in [0.25, 0.3) is 0 Å². The van der Waals surface area contributed by atoms with Crippen LogP contribution < -0.4 is 0 Å². The van der Waals surface area contributed by atoms with Crippen LogP contribution in [0.15, 0.2) is 0 Å². The molecule has 0 aromatic rings. The van der Waals surface area contributed by atoms with Gasteiger partial charge in [-0.25, -0.2) is 0 Å². The Bertz CT molecular complexity index is 193. The third-order valence-corrected chi connectivity index (χ3v) is 3.23. The van der Waals surface area contributed by atoms with E-state index in [0.29, 0.717) is 0 Å². The number of fused-ring (bicyclic) bond motifs is 2. The van der Waals surface area contributed by atoms with Gasteiger partial charge in [-0.1, -0.05) is 0 Å². The van der Waals surface area contributed by atoms with E-state index in [2.05, 4.69) is 4.90 Å². The average molecular weight is 183 g/mol. The van der Waals surface area contributed by atoms with E-state index in [1.807, 2.05) is 0 Å². The Balaban J connectivity index is 1.97. The summed E-state index contributed by atoms with van der Waals surface area (Å²) in [4.78, 5) is 13.8. The predicted octanol–water partition coefficient (Wildman–Crippen LogP) is 0.891. The summed E-state index contributed by atoms with van der Waals surface area (Å²) in [5.74, 6) is 0.868. The van der Waals surface area contributed by atoms with Gasteiger partial charge in [0.15, 0.2) is 0 Å². The molecule has 0 aromatic heterocycles. The van der Waals surface area contributed by atoms with E-state index in [4.69, 9.17) is 4.74 Å². The fraction of sp³-hybridized carbons (Fsp3) is 0.900. The van der Waals surface area contributed by atoms with E-state index < -0.39 is 0 Å². The van der Waals surface area contributed by atoms with E-state index in [9.17, 15) is 4.79 Å². The van der Waals surface area contributed by atoms with E-state index in [0.717, 1.165) is 18.9 Å². The molecule has 2 saturated heterocycles. The van der Waals surface area contributed by atoms with Gasteiger partial charge in [-0.05, 0) is 31.7 Å². The Kier molecular flexibility index (Phi) is 2.54. The zero-order valence-corrected chi connectivity index (χ0v) is 8.16. The van der Waals surface area contributed by atoms with Crippen molar-refractivity contribution in [2.45, 2.75) is 19.3 Å². The van der Waals surface area contributed by atoms with Crippen LogP contribution in [0.1, 0.15) is 19.3 Å². The number of piperidine rings is 2. The van der Waals surface area contributed by atoms with E-state index in [-0.39, 0.29) is 11.9 Å². The molecular weight excluding hydrogens is 166 g/mol. The van der Waals surface area contributed by atoms with Crippen molar-refractivity contribution in [2.24, 2.45) is 11.8 Å².